The predicted molar refractivity (Wildman–Crippen MR) is 86.8 cm³/mol. The van der Waals surface area contributed by atoms with Gasteiger partial charge in [-0.25, -0.2) is 4.39 Å². The molecule has 2 aromatic rings. The SMILES string of the molecule is C=C(CC)N(C)c1c(C)c2ccc(F)cc2c(=C)c1=C. The minimum absolute atomic E-state index is 0.250. The first-order valence-corrected chi connectivity index (χ1v) is 6.69. The molecule has 0 N–H and O–H groups in total. The average Bonchev–Trinajstić information content (AvgIpc) is 2.43. The van der Waals surface area contributed by atoms with Gasteiger partial charge in [-0.05, 0) is 52.3 Å². The fraction of sp³-hybridized carbons (Fsp3) is 0.222. The zero-order chi connectivity index (χ0) is 15.0. The second-order valence-electron chi connectivity index (χ2n) is 5.10. The average molecular weight is 269 g/mol. The number of halogens is 1. The van der Waals surface area contributed by atoms with E-state index >= 15 is 0 Å². The number of nitrogens with zero attached hydrogens (tertiary/aromatic N) is 1. The van der Waals surface area contributed by atoms with Crippen molar-refractivity contribution in [1.29, 1.82) is 0 Å². The summed E-state index contributed by atoms with van der Waals surface area (Å²) in [6.45, 7) is 16.4. The maximum absolute atomic E-state index is 13.4. The van der Waals surface area contributed by atoms with Gasteiger partial charge in [0.25, 0.3) is 0 Å². The first kappa shape index (κ1) is 14.3. The van der Waals surface area contributed by atoms with Crippen molar-refractivity contribution >= 4 is 29.6 Å². The van der Waals surface area contributed by atoms with Crippen LogP contribution in [0.4, 0.5) is 10.1 Å². The van der Waals surface area contributed by atoms with Gasteiger partial charge in [-0.3, -0.25) is 0 Å². The van der Waals surface area contributed by atoms with Gasteiger partial charge in [-0.1, -0.05) is 32.7 Å². The Morgan fingerprint density at radius 1 is 1.20 bits per heavy atom. The molecular formula is C18H20FN. The first-order valence-electron chi connectivity index (χ1n) is 6.69. The summed E-state index contributed by atoms with van der Waals surface area (Å²) in [4.78, 5) is 2.05. The first-order chi connectivity index (χ1) is 9.38. The molecule has 0 atom stereocenters. The quantitative estimate of drug-likeness (QED) is 0.824. The molecule has 0 aliphatic carbocycles. The third-order valence-electron chi connectivity index (χ3n) is 3.93. The summed E-state index contributed by atoms with van der Waals surface area (Å²) < 4.78 is 13.4. The van der Waals surface area contributed by atoms with E-state index in [1.54, 1.807) is 6.07 Å². The number of hydrogen-bond acceptors (Lipinski definition) is 1. The van der Waals surface area contributed by atoms with E-state index in [0.29, 0.717) is 0 Å². The van der Waals surface area contributed by atoms with Gasteiger partial charge in [0.05, 0.1) is 5.69 Å². The van der Waals surface area contributed by atoms with Crippen molar-refractivity contribution in [3.05, 3.63) is 52.3 Å². The lowest BCUT2D eigenvalue weighted by Crippen LogP contribution is -2.32. The highest BCUT2D eigenvalue weighted by molar-refractivity contribution is 5.91. The normalized spacial score (nSPS) is 10.8. The van der Waals surface area contributed by atoms with Crippen LogP contribution in [0.2, 0.25) is 0 Å². The molecule has 2 rings (SSSR count). The van der Waals surface area contributed by atoms with E-state index < -0.39 is 0 Å². The molecule has 0 aromatic heterocycles. The van der Waals surface area contributed by atoms with E-state index in [1.165, 1.54) is 12.1 Å². The van der Waals surface area contributed by atoms with Gasteiger partial charge in [0.2, 0.25) is 0 Å². The molecule has 0 heterocycles. The fourth-order valence-electron chi connectivity index (χ4n) is 2.60. The van der Waals surface area contributed by atoms with Crippen molar-refractivity contribution in [3.63, 3.8) is 0 Å². The summed E-state index contributed by atoms with van der Waals surface area (Å²) in [5, 5.41) is 3.44. The number of allylic oxidation sites excluding steroid dienone is 1. The Balaban J connectivity index is 2.88. The maximum atomic E-state index is 13.4. The van der Waals surface area contributed by atoms with Crippen molar-refractivity contribution in [3.8, 4) is 0 Å². The lowest BCUT2D eigenvalue weighted by molar-refractivity contribution is 0.629. The monoisotopic (exact) mass is 269 g/mol. The summed E-state index contributed by atoms with van der Waals surface area (Å²) in [6.07, 6.45) is 0.864. The van der Waals surface area contributed by atoms with E-state index in [4.69, 9.17) is 0 Å². The van der Waals surface area contributed by atoms with Gasteiger partial charge >= 0.3 is 0 Å². The molecule has 1 nitrogen and oxygen atoms in total. The molecule has 0 spiro atoms. The van der Waals surface area contributed by atoms with E-state index in [0.717, 1.165) is 44.6 Å². The Morgan fingerprint density at radius 3 is 2.45 bits per heavy atom. The predicted octanol–water partition coefficient (Wildman–Crippen LogP) is 3.47. The molecule has 0 bridgehead atoms. The molecule has 2 aromatic carbocycles. The number of aryl methyl sites for hydroxylation is 1. The van der Waals surface area contributed by atoms with Gasteiger partial charge in [0.1, 0.15) is 5.82 Å². The number of anilines is 1. The Bertz CT molecular complexity index is 789. The van der Waals surface area contributed by atoms with Crippen LogP contribution in [0.15, 0.2) is 30.5 Å². The molecule has 0 amide bonds. The highest BCUT2D eigenvalue weighted by Crippen LogP contribution is 2.24. The summed E-state index contributed by atoms with van der Waals surface area (Å²) in [5.41, 5.74) is 3.11. The van der Waals surface area contributed by atoms with Crippen LogP contribution in [-0.4, -0.2) is 7.05 Å². The number of hydrogen-bond donors (Lipinski definition) is 0. The van der Waals surface area contributed by atoms with Gasteiger partial charge < -0.3 is 4.90 Å². The fourth-order valence-corrected chi connectivity index (χ4v) is 2.60. The second-order valence-corrected chi connectivity index (χ2v) is 5.10. The molecule has 0 saturated carbocycles. The highest BCUT2D eigenvalue weighted by atomic mass is 19.1. The summed E-state index contributed by atoms with van der Waals surface area (Å²) in [5.74, 6) is -0.250. The van der Waals surface area contributed by atoms with E-state index in [1.807, 2.05) is 14.0 Å². The molecule has 0 saturated heterocycles. The maximum Gasteiger partial charge on any atom is 0.123 e. The number of rotatable bonds is 3. The van der Waals surface area contributed by atoms with Gasteiger partial charge in [0.15, 0.2) is 0 Å². The van der Waals surface area contributed by atoms with Crippen molar-refractivity contribution in [2.45, 2.75) is 20.3 Å². The zero-order valence-electron chi connectivity index (χ0n) is 12.4. The molecule has 0 unspecified atom stereocenters. The smallest absolute Gasteiger partial charge is 0.123 e. The lowest BCUT2D eigenvalue weighted by atomic mass is 9.99. The number of benzene rings is 2. The van der Waals surface area contributed by atoms with Gasteiger partial charge in [-0.2, -0.15) is 0 Å². The molecule has 104 valence electrons. The molecule has 0 aliphatic rings. The zero-order valence-corrected chi connectivity index (χ0v) is 12.4. The molecule has 20 heavy (non-hydrogen) atoms. The molecule has 0 radical (unpaired) electrons. The Kier molecular flexibility index (Phi) is 3.67. The Morgan fingerprint density at radius 2 is 1.85 bits per heavy atom. The summed E-state index contributed by atoms with van der Waals surface area (Å²) in [6, 6.07) is 4.81. The van der Waals surface area contributed by atoms with Gasteiger partial charge in [0, 0.05) is 12.7 Å². The standard InChI is InChI=1S/C18H20FN/c1-7-11(2)20(6)18-13(4)12(3)17-10-15(19)8-9-16(17)14(18)5/h8-10H,2-4,7H2,1,5-6H3. The van der Waals surface area contributed by atoms with Crippen molar-refractivity contribution in [2.75, 3.05) is 11.9 Å². The molecule has 0 fully saturated rings. The molecular weight excluding hydrogens is 249 g/mol. The van der Waals surface area contributed by atoms with Crippen LogP contribution in [0.1, 0.15) is 18.9 Å². The molecule has 2 heteroatoms. The lowest BCUT2D eigenvalue weighted by Gasteiger charge is -2.25. The van der Waals surface area contributed by atoms with Crippen LogP contribution in [0.3, 0.4) is 0 Å². The van der Waals surface area contributed by atoms with Crippen molar-refractivity contribution < 1.29 is 4.39 Å². The minimum Gasteiger partial charge on any atom is -0.348 e. The summed E-state index contributed by atoms with van der Waals surface area (Å²) >= 11 is 0. The largest absolute Gasteiger partial charge is 0.348 e. The van der Waals surface area contributed by atoms with Crippen LogP contribution in [-0.2, 0) is 0 Å². The Labute approximate surface area is 119 Å². The molecule has 0 aliphatic heterocycles. The van der Waals surface area contributed by atoms with Crippen LogP contribution in [0, 0.1) is 12.7 Å². The van der Waals surface area contributed by atoms with E-state index in [-0.39, 0.29) is 5.82 Å². The van der Waals surface area contributed by atoms with Crippen LogP contribution >= 0.6 is 0 Å². The van der Waals surface area contributed by atoms with Gasteiger partial charge in [-0.15, -0.1) is 0 Å². The van der Waals surface area contributed by atoms with E-state index in [9.17, 15) is 4.39 Å². The van der Waals surface area contributed by atoms with Crippen LogP contribution < -0.4 is 15.3 Å². The Hall–Kier alpha value is -2.09. The third-order valence-corrected chi connectivity index (χ3v) is 3.93. The summed E-state index contributed by atoms with van der Waals surface area (Å²) in [7, 11) is 1.98. The minimum atomic E-state index is -0.250. The highest BCUT2D eigenvalue weighted by Gasteiger charge is 2.13. The topological polar surface area (TPSA) is 3.24 Å². The van der Waals surface area contributed by atoms with Crippen LogP contribution in [0.5, 0.6) is 0 Å². The van der Waals surface area contributed by atoms with Crippen LogP contribution in [0.25, 0.3) is 23.9 Å². The van der Waals surface area contributed by atoms with Crippen molar-refractivity contribution in [1.82, 2.24) is 0 Å². The third kappa shape index (κ3) is 2.11. The second kappa shape index (κ2) is 5.12. The number of fused-ring (bicyclic) bond motifs is 1. The van der Waals surface area contributed by atoms with E-state index in [2.05, 4.69) is 31.6 Å². The van der Waals surface area contributed by atoms with Crippen molar-refractivity contribution in [2.24, 2.45) is 0 Å².